The van der Waals surface area contributed by atoms with Crippen molar-refractivity contribution in [3.63, 3.8) is 0 Å². The van der Waals surface area contributed by atoms with Crippen LogP contribution in [-0.4, -0.2) is 18.6 Å². The van der Waals surface area contributed by atoms with E-state index in [1.807, 2.05) is 0 Å². The number of ether oxygens (including phenoxy) is 1. The average molecular weight is 272 g/mol. The molecule has 0 spiro atoms. The first-order valence-corrected chi connectivity index (χ1v) is 6.37. The van der Waals surface area contributed by atoms with Gasteiger partial charge in [-0.2, -0.15) is 0 Å². The summed E-state index contributed by atoms with van der Waals surface area (Å²) in [5.74, 6) is -0.920. The molecule has 0 heterocycles. The lowest BCUT2D eigenvalue weighted by atomic mass is 10.1. The third-order valence-corrected chi connectivity index (χ3v) is 3.01. The van der Waals surface area contributed by atoms with Gasteiger partial charge in [-0.1, -0.05) is 11.6 Å². The van der Waals surface area contributed by atoms with Crippen molar-refractivity contribution in [2.24, 2.45) is 0 Å². The van der Waals surface area contributed by atoms with E-state index in [9.17, 15) is 9.18 Å². The maximum atomic E-state index is 13.8. The molecule has 3 nitrogen and oxygen atoms in total. The minimum atomic E-state index is -0.781. The molecule has 98 valence electrons. The van der Waals surface area contributed by atoms with Gasteiger partial charge in [0.25, 0.3) is 0 Å². The fourth-order valence-electron chi connectivity index (χ4n) is 1.73. The molecule has 2 rings (SSSR count). The van der Waals surface area contributed by atoms with Gasteiger partial charge in [0.15, 0.2) is 0 Å². The van der Waals surface area contributed by atoms with Crippen LogP contribution in [0.15, 0.2) is 18.2 Å². The van der Waals surface area contributed by atoms with Crippen LogP contribution < -0.4 is 5.32 Å². The third-order valence-electron chi connectivity index (χ3n) is 2.77. The molecule has 1 fully saturated rings. The van der Waals surface area contributed by atoms with Crippen molar-refractivity contribution in [2.45, 2.75) is 31.8 Å². The fourth-order valence-corrected chi connectivity index (χ4v) is 1.91. The fraction of sp³-hybridized carbons (Fsp3) is 0.462. The van der Waals surface area contributed by atoms with Crippen LogP contribution in [0, 0.1) is 5.82 Å². The van der Waals surface area contributed by atoms with Crippen LogP contribution in [-0.2, 0) is 9.53 Å². The molecule has 18 heavy (non-hydrogen) atoms. The first-order chi connectivity index (χ1) is 8.61. The SMILES string of the molecule is CCOC(=O)C(NC1CC1)c1cc(Cl)ccc1F. The van der Waals surface area contributed by atoms with E-state index in [1.165, 1.54) is 18.2 Å². The minimum absolute atomic E-state index is 0.243. The molecule has 1 unspecified atom stereocenters. The van der Waals surface area contributed by atoms with Crippen molar-refractivity contribution in [1.82, 2.24) is 5.32 Å². The quantitative estimate of drug-likeness (QED) is 0.837. The van der Waals surface area contributed by atoms with E-state index in [-0.39, 0.29) is 18.2 Å². The monoisotopic (exact) mass is 271 g/mol. The second-order valence-electron chi connectivity index (χ2n) is 4.29. The van der Waals surface area contributed by atoms with E-state index >= 15 is 0 Å². The van der Waals surface area contributed by atoms with E-state index < -0.39 is 17.8 Å². The van der Waals surface area contributed by atoms with Gasteiger partial charge >= 0.3 is 5.97 Å². The molecule has 1 aromatic carbocycles. The molecule has 0 saturated heterocycles. The molecule has 0 aliphatic heterocycles. The zero-order valence-corrected chi connectivity index (χ0v) is 10.8. The van der Waals surface area contributed by atoms with Gasteiger partial charge in [-0.25, -0.2) is 9.18 Å². The second-order valence-corrected chi connectivity index (χ2v) is 4.73. The molecule has 1 aliphatic carbocycles. The van der Waals surface area contributed by atoms with Crippen LogP contribution in [0.1, 0.15) is 31.4 Å². The number of hydrogen-bond acceptors (Lipinski definition) is 3. The number of esters is 1. The van der Waals surface area contributed by atoms with Gasteiger partial charge in [-0.3, -0.25) is 5.32 Å². The summed E-state index contributed by atoms with van der Waals surface area (Å²) in [4.78, 5) is 11.9. The van der Waals surface area contributed by atoms with Crippen LogP contribution in [0.4, 0.5) is 4.39 Å². The normalized spacial score (nSPS) is 16.4. The highest BCUT2D eigenvalue weighted by Gasteiger charge is 2.32. The largest absolute Gasteiger partial charge is 0.465 e. The molecule has 5 heteroatoms. The Kier molecular flexibility index (Phi) is 4.19. The van der Waals surface area contributed by atoms with Crippen molar-refractivity contribution in [3.8, 4) is 0 Å². The van der Waals surface area contributed by atoms with Gasteiger partial charge in [0.1, 0.15) is 11.9 Å². The highest BCUT2D eigenvalue weighted by atomic mass is 35.5. The number of hydrogen-bond donors (Lipinski definition) is 1. The summed E-state index contributed by atoms with van der Waals surface area (Å²) < 4.78 is 18.8. The van der Waals surface area contributed by atoms with E-state index in [4.69, 9.17) is 16.3 Å². The van der Waals surface area contributed by atoms with Gasteiger partial charge < -0.3 is 4.74 Å². The molecule has 1 saturated carbocycles. The molecule has 0 radical (unpaired) electrons. The summed E-state index contributed by atoms with van der Waals surface area (Å²) in [5.41, 5.74) is 0.243. The van der Waals surface area contributed by atoms with Crippen molar-refractivity contribution >= 4 is 17.6 Å². The molecular formula is C13H15ClFNO2. The highest BCUT2D eigenvalue weighted by Crippen LogP contribution is 2.28. The lowest BCUT2D eigenvalue weighted by Gasteiger charge is -2.18. The first kappa shape index (κ1) is 13.3. The van der Waals surface area contributed by atoms with Crippen LogP contribution in [0.3, 0.4) is 0 Å². The Morgan fingerprint density at radius 2 is 2.33 bits per heavy atom. The second kappa shape index (κ2) is 5.67. The molecule has 0 aromatic heterocycles. The Bertz CT molecular complexity index is 449. The maximum absolute atomic E-state index is 13.8. The number of nitrogens with one attached hydrogen (secondary N) is 1. The van der Waals surface area contributed by atoms with Gasteiger partial charge in [0.2, 0.25) is 0 Å². The van der Waals surface area contributed by atoms with Gasteiger partial charge in [0, 0.05) is 16.6 Å². The molecule has 1 aromatic rings. The van der Waals surface area contributed by atoms with Crippen LogP contribution in [0.5, 0.6) is 0 Å². The van der Waals surface area contributed by atoms with Crippen molar-refractivity contribution in [2.75, 3.05) is 6.61 Å². The Balaban J connectivity index is 2.25. The standard InChI is InChI=1S/C13H15ClFNO2/c1-2-18-13(17)12(16-9-4-5-9)10-7-8(14)3-6-11(10)15/h3,6-7,9,12,16H,2,4-5H2,1H3. The number of rotatable bonds is 5. The summed E-state index contributed by atoms with van der Waals surface area (Å²) in [6.07, 6.45) is 2.00. The van der Waals surface area contributed by atoms with Gasteiger partial charge in [-0.15, -0.1) is 0 Å². The lowest BCUT2D eigenvalue weighted by Crippen LogP contribution is -2.32. The zero-order valence-electron chi connectivity index (χ0n) is 10.1. The topological polar surface area (TPSA) is 38.3 Å². The molecule has 1 atom stereocenters. The maximum Gasteiger partial charge on any atom is 0.327 e. The highest BCUT2D eigenvalue weighted by molar-refractivity contribution is 6.30. The lowest BCUT2D eigenvalue weighted by molar-refractivity contribution is -0.146. The predicted octanol–water partition coefficient (Wildman–Crippen LogP) is 2.84. The van der Waals surface area contributed by atoms with Crippen molar-refractivity contribution in [3.05, 3.63) is 34.6 Å². The number of carbonyl (C=O) groups excluding carboxylic acids is 1. The Hall–Kier alpha value is -1.13. The molecular weight excluding hydrogens is 257 g/mol. The molecule has 0 bridgehead atoms. The summed E-state index contributed by atoms with van der Waals surface area (Å²) in [6, 6.07) is 3.67. The van der Waals surface area contributed by atoms with E-state index in [1.54, 1.807) is 6.92 Å². The molecule has 1 aliphatic rings. The smallest absolute Gasteiger partial charge is 0.327 e. The molecule has 0 amide bonds. The zero-order chi connectivity index (χ0) is 13.1. The van der Waals surface area contributed by atoms with E-state index in [0.29, 0.717) is 5.02 Å². The number of halogens is 2. The van der Waals surface area contributed by atoms with Crippen molar-refractivity contribution < 1.29 is 13.9 Å². The Morgan fingerprint density at radius 3 is 2.94 bits per heavy atom. The first-order valence-electron chi connectivity index (χ1n) is 5.99. The summed E-state index contributed by atoms with van der Waals surface area (Å²) in [6.45, 7) is 1.99. The number of carbonyl (C=O) groups is 1. The predicted molar refractivity (Wildman–Crippen MR) is 66.9 cm³/mol. The van der Waals surface area contributed by atoms with E-state index in [0.717, 1.165) is 12.8 Å². The Labute approximate surface area is 110 Å². The van der Waals surface area contributed by atoms with E-state index in [2.05, 4.69) is 5.32 Å². The van der Waals surface area contributed by atoms with Crippen LogP contribution >= 0.6 is 11.6 Å². The van der Waals surface area contributed by atoms with Crippen LogP contribution in [0.25, 0.3) is 0 Å². The van der Waals surface area contributed by atoms with Gasteiger partial charge in [-0.05, 0) is 38.0 Å². The summed E-state index contributed by atoms with van der Waals surface area (Å²) in [7, 11) is 0. The van der Waals surface area contributed by atoms with Crippen LogP contribution in [0.2, 0.25) is 5.02 Å². The Morgan fingerprint density at radius 1 is 1.61 bits per heavy atom. The third kappa shape index (κ3) is 3.21. The minimum Gasteiger partial charge on any atom is -0.465 e. The molecule has 1 N–H and O–H groups in total. The van der Waals surface area contributed by atoms with Gasteiger partial charge in [0.05, 0.1) is 6.61 Å². The number of benzene rings is 1. The summed E-state index contributed by atoms with van der Waals surface area (Å²) in [5, 5.41) is 3.49. The summed E-state index contributed by atoms with van der Waals surface area (Å²) >= 11 is 5.85. The van der Waals surface area contributed by atoms with Crippen molar-refractivity contribution in [1.29, 1.82) is 0 Å². The average Bonchev–Trinajstić information content (AvgIpc) is 3.14.